The fourth-order valence-corrected chi connectivity index (χ4v) is 2.46. The van der Waals surface area contributed by atoms with E-state index in [-0.39, 0.29) is 0 Å². The van der Waals surface area contributed by atoms with Crippen molar-refractivity contribution < 1.29 is 4.74 Å². The number of fused-ring (bicyclic) bond motifs is 1. The molecule has 0 bridgehead atoms. The van der Waals surface area contributed by atoms with Gasteiger partial charge in [0.15, 0.2) is 0 Å². The minimum atomic E-state index is 0.611. The van der Waals surface area contributed by atoms with Gasteiger partial charge in [-0.2, -0.15) is 0 Å². The summed E-state index contributed by atoms with van der Waals surface area (Å²) in [5.74, 6) is 1.69. The van der Waals surface area contributed by atoms with Crippen LogP contribution in [0.2, 0.25) is 0 Å². The molecule has 1 heterocycles. The van der Waals surface area contributed by atoms with Crippen LogP contribution in [0.1, 0.15) is 30.9 Å². The molecule has 2 rings (SSSR count). The molecule has 0 radical (unpaired) electrons. The Kier molecular flexibility index (Phi) is 5.23. The third-order valence-electron chi connectivity index (χ3n) is 3.83. The molecule has 1 aromatic carbocycles. The van der Waals surface area contributed by atoms with E-state index in [2.05, 4.69) is 37.1 Å². The van der Waals surface area contributed by atoms with Crippen LogP contribution in [0, 0.1) is 5.92 Å². The van der Waals surface area contributed by atoms with Crippen LogP contribution >= 0.6 is 0 Å². The van der Waals surface area contributed by atoms with Crippen LogP contribution in [0.4, 0.5) is 0 Å². The Labute approximate surface area is 116 Å². The lowest BCUT2D eigenvalue weighted by Gasteiger charge is -2.21. The number of benzene rings is 1. The number of hydrogen-bond donors (Lipinski definition) is 1. The molecule has 1 unspecified atom stereocenters. The highest BCUT2D eigenvalue weighted by molar-refractivity contribution is 5.38. The largest absolute Gasteiger partial charge is 0.493 e. The van der Waals surface area contributed by atoms with Crippen molar-refractivity contribution in [2.45, 2.75) is 32.7 Å². The van der Waals surface area contributed by atoms with E-state index in [9.17, 15) is 0 Å². The van der Waals surface area contributed by atoms with Crippen LogP contribution in [-0.4, -0.2) is 31.6 Å². The van der Waals surface area contributed by atoms with Gasteiger partial charge in [0, 0.05) is 6.54 Å². The number of nitrogens with two attached hydrogens (primary N) is 1. The number of nitrogens with zero attached hydrogens (tertiary/aromatic N) is 1. The molecule has 1 aliphatic heterocycles. The molecule has 0 aliphatic carbocycles. The summed E-state index contributed by atoms with van der Waals surface area (Å²) in [5, 5.41) is 0. The smallest absolute Gasteiger partial charge is 0.122 e. The highest BCUT2D eigenvalue weighted by atomic mass is 16.5. The van der Waals surface area contributed by atoms with Crippen molar-refractivity contribution in [2.24, 2.45) is 11.7 Å². The first kappa shape index (κ1) is 14.4. The fraction of sp³-hybridized carbons (Fsp3) is 0.625. The third kappa shape index (κ3) is 4.22. The van der Waals surface area contributed by atoms with Gasteiger partial charge in [-0.3, -0.25) is 0 Å². The van der Waals surface area contributed by atoms with Crippen LogP contribution in [0.3, 0.4) is 0 Å². The minimum absolute atomic E-state index is 0.611. The van der Waals surface area contributed by atoms with Crippen molar-refractivity contribution >= 4 is 0 Å². The van der Waals surface area contributed by atoms with Crippen LogP contribution in [0.15, 0.2) is 18.2 Å². The highest BCUT2D eigenvalue weighted by Gasteiger charge is 2.11. The molecule has 0 spiro atoms. The molecule has 19 heavy (non-hydrogen) atoms. The number of aryl methyl sites for hydroxylation is 1. The topological polar surface area (TPSA) is 38.5 Å². The molecule has 0 fully saturated rings. The summed E-state index contributed by atoms with van der Waals surface area (Å²) < 4.78 is 5.65. The van der Waals surface area contributed by atoms with E-state index in [1.54, 1.807) is 0 Å². The molecule has 3 heteroatoms. The number of hydrogen-bond acceptors (Lipinski definition) is 3. The molecule has 0 aromatic heterocycles. The van der Waals surface area contributed by atoms with Gasteiger partial charge in [-0.15, -0.1) is 0 Å². The van der Waals surface area contributed by atoms with Crippen molar-refractivity contribution in [1.29, 1.82) is 0 Å². The van der Waals surface area contributed by atoms with E-state index in [1.807, 2.05) is 0 Å². The van der Waals surface area contributed by atoms with Crippen molar-refractivity contribution in [3.63, 3.8) is 0 Å². The van der Waals surface area contributed by atoms with Crippen LogP contribution in [0.5, 0.6) is 5.75 Å². The van der Waals surface area contributed by atoms with Gasteiger partial charge in [-0.1, -0.05) is 19.1 Å². The quantitative estimate of drug-likeness (QED) is 0.855. The lowest BCUT2D eigenvalue weighted by Crippen LogP contribution is -2.23. The first-order valence-corrected chi connectivity index (χ1v) is 7.32. The van der Waals surface area contributed by atoms with Gasteiger partial charge in [0.2, 0.25) is 0 Å². The Morgan fingerprint density at radius 2 is 2.26 bits per heavy atom. The van der Waals surface area contributed by atoms with Crippen LogP contribution in [0.25, 0.3) is 0 Å². The average molecular weight is 262 g/mol. The zero-order chi connectivity index (χ0) is 13.7. The van der Waals surface area contributed by atoms with Gasteiger partial charge in [0.05, 0.1) is 6.61 Å². The SMILES string of the molecule is CC(CN)CCN(C)Cc1ccc2c(c1)CCCO2. The Balaban J connectivity index is 1.88. The Hall–Kier alpha value is -1.06. The summed E-state index contributed by atoms with van der Waals surface area (Å²) in [6.45, 7) is 5.97. The van der Waals surface area contributed by atoms with E-state index < -0.39 is 0 Å². The first-order valence-electron chi connectivity index (χ1n) is 7.32. The molecular formula is C16H26N2O. The summed E-state index contributed by atoms with van der Waals surface area (Å²) in [7, 11) is 2.18. The van der Waals surface area contributed by atoms with E-state index in [0.717, 1.165) is 44.8 Å². The molecule has 3 nitrogen and oxygen atoms in total. The summed E-state index contributed by atoms with van der Waals surface area (Å²) in [5.41, 5.74) is 8.40. The van der Waals surface area contributed by atoms with E-state index in [0.29, 0.717) is 5.92 Å². The number of rotatable bonds is 6. The van der Waals surface area contributed by atoms with Crippen molar-refractivity contribution in [2.75, 3.05) is 26.7 Å². The fourth-order valence-electron chi connectivity index (χ4n) is 2.46. The maximum Gasteiger partial charge on any atom is 0.122 e. The second-order valence-electron chi connectivity index (χ2n) is 5.76. The van der Waals surface area contributed by atoms with Gasteiger partial charge in [-0.25, -0.2) is 0 Å². The van der Waals surface area contributed by atoms with Crippen molar-refractivity contribution in [3.05, 3.63) is 29.3 Å². The van der Waals surface area contributed by atoms with E-state index in [4.69, 9.17) is 10.5 Å². The standard InChI is InChI=1S/C16H26N2O/c1-13(11-17)7-8-18(2)12-14-5-6-16-15(10-14)4-3-9-19-16/h5-6,10,13H,3-4,7-9,11-12,17H2,1-2H3. The van der Waals surface area contributed by atoms with Gasteiger partial charge in [0.1, 0.15) is 5.75 Å². The predicted molar refractivity (Wildman–Crippen MR) is 79.4 cm³/mol. The second kappa shape index (κ2) is 6.92. The summed E-state index contributed by atoms with van der Waals surface area (Å²) in [6, 6.07) is 6.62. The normalized spacial score (nSPS) is 16.0. The lowest BCUT2D eigenvalue weighted by atomic mass is 10.0. The monoisotopic (exact) mass is 262 g/mol. The molecule has 0 amide bonds. The van der Waals surface area contributed by atoms with Gasteiger partial charge in [0.25, 0.3) is 0 Å². The van der Waals surface area contributed by atoms with Gasteiger partial charge in [-0.05, 0) is 62.5 Å². The molecule has 2 N–H and O–H groups in total. The van der Waals surface area contributed by atoms with E-state index in [1.165, 1.54) is 17.5 Å². The molecule has 1 aliphatic rings. The number of ether oxygens (including phenoxy) is 1. The van der Waals surface area contributed by atoms with Crippen molar-refractivity contribution in [1.82, 2.24) is 4.90 Å². The second-order valence-corrected chi connectivity index (χ2v) is 5.76. The first-order chi connectivity index (χ1) is 9.19. The lowest BCUT2D eigenvalue weighted by molar-refractivity contribution is 0.285. The molecule has 1 aromatic rings. The maximum atomic E-state index is 5.65. The van der Waals surface area contributed by atoms with Gasteiger partial charge >= 0.3 is 0 Å². The minimum Gasteiger partial charge on any atom is -0.493 e. The maximum absolute atomic E-state index is 5.65. The zero-order valence-corrected chi connectivity index (χ0v) is 12.2. The molecule has 1 atom stereocenters. The van der Waals surface area contributed by atoms with Crippen molar-refractivity contribution in [3.8, 4) is 5.75 Å². The van der Waals surface area contributed by atoms with E-state index >= 15 is 0 Å². The molecule has 0 saturated heterocycles. The predicted octanol–water partition coefficient (Wildman–Crippen LogP) is 2.43. The summed E-state index contributed by atoms with van der Waals surface area (Å²) in [6.07, 6.45) is 3.46. The highest BCUT2D eigenvalue weighted by Crippen LogP contribution is 2.25. The average Bonchev–Trinajstić information content (AvgIpc) is 2.44. The Bertz CT molecular complexity index is 406. The zero-order valence-electron chi connectivity index (χ0n) is 12.2. The van der Waals surface area contributed by atoms with Crippen LogP contribution < -0.4 is 10.5 Å². The molecule has 0 saturated carbocycles. The summed E-state index contributed by atoms with van der Waals surface area (Å²) in [4.78, 5) is 2.37. The third-order valence-corrected chi connectivity index (χ3v) is 3.83. The molecule has 106 valence electrons. The summed E-state index contributed by atoms with van der Waals surface area (Å²) >= 11 is 0. The Morgan fingerprint density at radius 3 is 3.05 bits per heavy atom. The van der Waals surface area contributed by atoms with Gasteiger partial charge < -0.3 is 15.4 Å². The van der Waals surface area contributed by atoms with Crippen LogP contribution in [-0.2, 0) is 13.0 Å². The molecular weight excluding hydrogens is 236 g/mol. The Morgan fingerprint density at radius 1 is 1.42 bits per heavy atom.